The van der Waals surface area contributed by atoms with Crippen LogP contribution in [-0.2, 0) is 11.8 Å². The number of aromatic amines is 1. The second kappa shape index (κ2) is 9.89. The number of fused-ring (bicyclic) bond motifs is 1. The van der Waals surface area contributed by atoms with Gasteiger partial charge in [0, 0.05) is 33.3 Å². The van der Waals surface area contributed by atoms with Gasteiger partial charge in [0.1, 0.15) is 23.1 Å². The first-order valence-corrected chi connectivity index (χ1v) is 12.3. The number of hydrogen-bond donors (Lipinski definition) is 3. The number of rotatable bonds is 7. The summed E-state index contributed by atoms with van der Waals surface area (Å²) in [4.78, 5) is 24.1. The Hall–Kier alpha value is -4.27. The van der Waals surface area contributed by atoms with Gasteiger partial charge in [-0.3, -0.25) is 14.6 Å². The van der Waals surface area contributed by atoms with E-state index in [2.05, 4.69) is 43.6 Å². The molecule has 0 amide bonds. The van der Waals surface area contributed by atoms with Crippen LogP contribution in [0.3, 0.4) is 0 Å². The van der Waals surface area contributed by atoms with Gasteiger partial charge in [0.25, 0.3) is 5.56 Å². The van der Waals surface area contributed by atoms with Crippen molar-refractivity contribution >= 4 is 51.3 Å². The van der Waals surface area contributed by atoms with Gasteiger partial charge >= 0.3 is 0 Å². The van der Waals surface area contributed by atoms with Crippen LogP contribution in [0.4, 0.5) is 28.7 Å². The first-order chi connectivity index (χ1) is 18.2. The maximum absolute atomic E-state index is 12.9. The molecule has 1 aromatic carbocycles. The number of benzene rings is 1. The van der Waals surface area contributed by atoms with Gasteiger partial charge in [-0.05, 0) is 37.6 Å². The highest BCUT2D eigenvalue weighted by Crippen LogP contribution is 2.36. The lowest BCUT2D eigenvalue weighted by Gasteiger charge is -2.24. The second-order valence-corrected chi connectivity index (χ2v) is 9.73. The fourth-order valence-corrected chi connectivity index (χ4v) is 4.89. The van der Waals surface area contributed by atoms with Gasteiger partial charge in [0.05, 0.1) is 34.8 Å². The highest BCUT2D eigenvalue weighted by Gasteiger charge is 2.34. The number of anilines is 5. The topological polar surface area (TPSA) is 133 Å². The average molecular weight is 535 g/mol. The SMILES string of the molecule is COc1c(Cl)cccc1Nc1cc(Nc2ccc(N3CC[C@@](C)(OC)C3)c(C#N)n2)nc2[nH]n(C)c(=O)c12. The highest BCUT2D eigenvalue weighted by molar-refractivity contribution is 6.32. The van der Waals surface area contributed by atoms with Crippen molar-refractivity contribution < 1.29 is 9.47 Å². The minimum absolute atomic E-state index is 0.245. The zero-order valence-electron chi connectivity index (χ0n) is 21.4. The maximum atomic E-state index is 12.9. The smallest absolute Gasteiger partial charge is 0.277 e. The molecule has 3 N–H and O–H groups in total. The standard InChI is InChI=1S/C26H27ClN8O3/c1-26(38-4)10-11-35(14-26)19-8-9-20(30-18(19)13-28)31-21-12-17(22-24(32-21)33-34(2)25(22)36)29-16-7-5-6-15(27)23(16)37-3/h5-9,12H,10-11,14H2,1-4H3,(H3,29,30,31,32,33)/t26-/m1/s1. The molecule has 38 heavy (non-hydrogen) atoms. The molecule has 1 saturated heterocycles. The fourth-order valence-electron chi connectivity index (χ4n) is 4.64. The third-order valence-corrected chi connectivity index (χ3v) is 7.06. The van der Waals surface area contributed by atoms with E-state index < -0.39 is 0 Å². The Bertz CT molecular complexity index is 1630. The number of hydrogen-bond acceptors (Lipinski definition) is 9. The van der Waals surface area contributed by atoms with E-state index in [1.54, 1.807) is 44.5 Å². The van der Waals surface area contributed by atoms with E-state index in [1.807, 2.05) is 6.07 Å². The van der Waals surface area contributed by atoms with Crippen molar-refractivity contribution in [3.63, 3.8) is 0 Å². The van der Waals surface area contributed by atoms with Crippen LogP contribution in [0.5, 0.6) is 5.75 Å². The highest BCUT2D eigenvalue weighted by atomic mass is 35.5. The Labute approximate surface area is 223 Å². The number of nitriles is 1. The molecule has 4 aromatic rings. The molecule has 12 heteroatoms. The molecule has 0 spiro atoms. The number of aromatic nitrogens is 4. The van der Waals surface area contributed by atoms with Crippen LogP contribution < -0.4 is 25.8 Å². The van der Waals surface area contributed by atoms with Crippen LogP contribution in [0.25, 0.3) is 11.0 Å². The molecular weight excluding hydrogens is 508 g/mol. The Morgan fingerprint density at radius 1 is 1.16 bits per heavy atom. The first kappa shape index (κ1) is 25.4. The molecule has 11 nitrogen and oxygen atoms in total. The molecule has 0 bridgehead atoms. The van der Waals surface area contributed by atoms with Crippen molar-refractivity contribution in [2.24, 2.45) is 7.05 Å². The number of nitrogens with one attached hydrogen (secondary N) is 3. The third-order valence-electron chi connectivity index (χ3n) is 6.76. The number of halogens is 1. The summed E-state index contributed by atoms with van der Waals surface area (Å²) < 4.78 is 12.4. The van der Waals surface area contributed by atoms with Crippen molar-refractivity contribution in [3.05, 3.63) is 57.5 Å². The molecule has 1 atom stereocenters. The van der Waals surface area contributed by atoms with E-state index in [0.717, 1.165) is 18.7 Å². The Kier molecular flexibility index (Phi) is 6.60. The van der Waals surface area contributed by atoms with Crippen molar-refractivity contribution in [1.29, 1.82) is 5.26 Å². The summed E-state index contributed by atoms with van der Waals surface area (Å²) >= 11 is 6.29. The minimum atomic E-state index is -0.259. The Morgan fingerprint density at radius 3 is 2.68 bits per heavy atom. The van der Waals surface area contributed by atoms with Crippen molar-refractivity contribution in [1.82, 2.24) is 19.7 Å². The Morgan fingerprint density at radius 2 is 1.97 bits per heavy atom. The molecule has 0 radical (unpaired) electrons. The van der Waals surface area contributed by atoms with Crippen LogP contribution >= 0.6 is 11.6 Å². The molecule has 0 unspecified atom stereocenters. The minimum Gasteiger partial charge on any atom is -0.493 e. The van der Waals surface area contributed by atoms with Crippen LogP contribution in [-0.4, -0.2) is 52.7 Å². The largest absolute Gasteiger partial charge is 0.493 e. The summed E-state index contributed by atoms with van der Waals surface area (Å²) in [6.07, 6.45) is 0.862. The zero-order valence-corrected chi connectivity index (χ0v) is 22.2. The molecule has 3 aromatic heterocycles. The number of pyridine rings is 2. The molecule has 1 aliphatic heterocycles. The summed E-state index contributed by atoms with van der Waals surface area (Å²) in [5, 5.41) is 20.0. The van der Waals surface area contributed by atoms with Crippen molar-refractivity contribution in [2.75, 3.05) is 42.8 Å². The third kappa shape index (κ3) is 4.60. The zero-order chi connectivity index (χ0) is 27.0. The maximum Gasteiger partial charge on any atom is 0.277 e. The molecule has 196 valence electrons. The monoisotopic (exact) mass is 534 g/mol. The van der Waals surface area contributed by atoms with Crippen molar-refractivity contribution in [3.8, 4) is 11.8 Å². The van der Waals surface area contributed by atoms with Gasteiger partial charge in [-0.25, -0.2) is 9.97 Å². The number of aryl methyl sites for hydroxylation is 1. The van der Waals surface area contributed by atoms with E-state index in [-0.39, 0.29) is 11.2 Å². The predicted molar refractivity (Wildman–Crippen MR) is 147 cm³/mol. The van der Waals surface area contributed by atoms with Gasteiger partial charge < -0.3 is 25.0 Å². The van der Waals surface area contributed by atoms with Gasteiger partial charge in [0.2, 0.25) is 0 Å². The summed E-state index contributed by atoms with van der Waals surface area (Å²) in [5.74, 6) is 1.30. The molecule has 0 aliphatic carbocycles. The second-order valence-electron chi connectivity index (χ2n) is 9.33. The summed E-state index contributed by atoms with van der Waals surface area (Å²) in [5.41, 5.74) is 2.00. The van der Waals surface area contributed by atoms with E-state index in [4.69, 9.17) is 21.1 Å². The number of H-pyrrole nitrogens is 1. The molecule has 0 saturated carbocycles. The van der Waals surface area contributed by atoms with Crippen LogP contribution in [0.1, 0.15) is 19.0 Å². The van der Waals surface area contributed by atoms with E-state index in [9.17, 15) is 10.1 Å². The molecule has 1 aliphatic rings. The van der Waals surface area contributed by atoms with Crippen LogP contribution in [0, 0.1) is 11.3 Å². The van der Waals surface area contributed by atoms with Gasteiger partial charge in [-0.15, -0.1) is 0 Å². The van der Waals surface area contributed by atoms with Crippen molar-refractivity contribution in [2.45, 2.75) is 18.9 Å². The first-order valence-electron chi connectivity index (χ1n) is 11.9. The number of nitrogens with zero attached hydrogens (tertiary/aromatic N) is 5. The van der Waals surface area contributed by atoms with Gasteiger partial charge in [0.15, 0.2) is 17.1 Å². The number of methoxy groups -OCH3 is 2. The van der Waals surface area contributed by atoms with E-state index in [0.29, 0.717) is 57.1 Å². The summed E-state index contributed by atoms with van der Waals surface area (Å²) in [7, 11) is 4.85. The molecule has 4 heterocycles. The summed E-state index contributed by atoms with van der Waals surface area (Å²) in [6, 6.07) is 12.9. The van der Waals surface area contributed by atoms with E-state index in [1.165, 1.54) is 11.8 Å². The predicted octanol–water partition coefficient (Wildman–Crippen LogP) is 4.29. The molecular formula is C26H27ClN8O3. The van der Waals surface area contributed by atoms with Crippen LogP contribution in [0.15, 0.2) is 41.2 Å². The average Bonchev–Trinajstić information content (AvgIpc) is 3.43. The Balaban J connectivity index is 1.50. The molecule has 5 rings (SSSR count). The van der Waals surface area contributed by atoms with Gasteiger partial charge in [-0.1, -0.05) is 17.7 Å². The normalized spacial score (nSPS) is 17.0. The van der Waals surface area contributed by atoms with Gasteiger partial charge in [-0.2, -0.15) is 5.26 Å². The fraction of sp³-hybridized carbons (Fsp3) is 0.308. The number of para-hydroxylation sites is 1. The van der Waals surface area contributed by atoms with Crippen LogP contribution in [0.2, 0.25) is 5.02 Å². The lowest BCUT2D eigenvalue weighted by Crippen LogP contribution is -2.32. The summed E-state index contributed by atoms with van der Waals surface area (Å²) in [6.45, 7) is 3.51. The lowest BCUT2D eigenvalue weighted by atomic mass is 10.1. The van der Waals surface area contributed by atoms with E-state index >= 15 is 0 Å². The number of ether oxygens (including phenoxy) is 2. The molecule has 1 fully saturated rings. The lowest BCUT2D eigenvalue weighted by molar-refractivity contribution is 0.0257. The quantitative estimate of drug-likeness (QED) is 0.317.